The first kappa shape index (κ1) is 14.2. The third-order valence-electron chi connectivity index (χ3n) is 2.89. The maximum absolute atomic E-state index is 5.33. The Morgan fingerprint density at radius 1 is 1.18 bits per heavy atom. The van der Waals surface area contributed by atoms with Gasteiger partial charge in [0.25, 0.3) is 0 Å². The van der Waals surface area contributed by atoms with E-state index in [2.05, 4.69) is 36.5 Å². The molecule has 2 unspecified atom stereocenters. The van der Waals surface area contributed by atoms with Crippen molar-refractivity contribution in [3.05, 3.63) is 35.9 Å². The number of methoxy groups -OCH3 is 2. The first-order valence-corrected chi connectivity index (χ1v) is 6.11. The highest BCUT2D eigenvalue weighted by Crippen LogP contribution is 2.15. The number of rotatable bonds is 8. The third-order valence-corrected chi connectivity index (χ3v) is 2.89. The van der Waals surface area contributed by atoms with Crippen molar-refractivity contribution in [2.45, 2.75) is 25.5 Å². The molecule has 3 heteroatoms. The largest absolute Gasteiger partial charge is 0.382 e. The van der Waals surface area contributed by atoms with Gasteiger partial charge in [-0.1, -0.05) is 37.3 Å². The van der Waals surface area contributed by atoms with Crippen LogP contribution in [0.1, 0.15) is 24.9 Å². The molecular weight excluding hydrogens is 214 g/mol. The summed E-state index contributed by atoms with van der Waals surface area (Å²) >= 11 is 0. The van der Waals surface area contributed by atoms with Gasteiger partial charge in [0.2, 0.25) is 0 Å². The predicted octanol–water partition coefficient (Wildman–Crippen LogP) is 2.39. The van der Waals surface area contributed by atoms with Gasteiger partial charge in [-0.3, -0.25) is 0 Å². The molecule has 3 nitrogen and oxygen atoms in total. The molecule has 17 heavy (non-hydrogen) atoms. The van der Waals surface area contributed by atoms with Crippen LogP contribution in [0.2, 0.25) is 0 Å². The molecule has 0 aliphatic rings. The Balaban J connectivity index is 2.47. The van der Waals surface area contributed by atoms with E-state index in [0.29, 0.717) is 12.6 Å². The molecule has 2 atom stereocenters. The highest BCUT2D eigenvalue weighted by Gasteiger charge is 2.12. The van der Waals surface area contributed by atoms with E-state index in [1.807, 2.05) is 6.07 Å². The van der Waals surface area contributed by atoms with Crippen LogP contribution in [0.15, 0.2) is 30.3 Å². The Morgan fingerprint density at radius 3 is 2.41 bits per heavy atom. The minimum Gasteiger partial charge on any atom is -0.382 e. The van der Waals surface area contributed by atoms with Crippen molar-refractivity contribution in [3.63, 3.8) is 0 Å². The zero-order valence-electron chi connectivity index (χ0n) is 11.0. The summed E-state index contributed by atoms with van der Waals surface area (Å²) in [7, 11) is 3.41. The maximum Gasteiger partial charge on any atom is 0.0928 e. The molecule has 1 aromatic carbocycles. The van der Waals surface area contributed by atoms with E-state index in [0.717, 1.165) is 13.0 Å². The van der Waals surface area contributed by atoms with Crippen LogP contribution in [-0.2, 0) is 9.47 Å². The van der Waals surface area contributed by atoms with Crippen molar-refractivity contribution in [2.75, 3.05) is 27.4 Å². The summed E-state index contributed by atoms with van der Waals surface area (Å²) in [6.07, 6.45) is 1.17. The maximum atomic E-state index is 5.33. The summed E-state index contributed by atoms with van der Waals surface area (Å²) in [4.78, 5) is 0. The topological polar surface area (TPSA) is 30.5 Å². The molecule has 96 valence electrons. The molecule has 0 bridgehead atoms. The lowest BCUT2D eigenvalue weighted by Crippen LogP contribution is -2.34. The monoisotopic (exact) mass is 237 g/mol. The van der Waals surface area contributed by atoms with Crippen molar-refractivity contribution in [1.82, 2.24) is 5.32 Å². The predicted molar refractivity (Wildman–Crippen MR) is 70.1 cm³/mol. The second kappa shape index (κ2) is 8.23. The van der Waals surface area contributed by atoms with Crippen molar-refractivity contribution in [2.24, 2.45) is 0 Å². The zero-order chi connectivity index (χ0) is 12.5. The summed E-state index contributed by atoms with van der Waals surface area (Å²) in [6, 6.07) is 10.9. The summed E-state index contributed by atoms with van der Waals surface area (Å²) in [5.41, 5.74) is 1.32. The van der Waals surface area contributed by atoms with E-state index >= 15 is 0 Å². The van der Waals surface area contributed by atoms with Crippen LogP contribution in [0, 0.1) is 0 Å². The average Bonchev–Trinajstić information content (AvgIpc) is 2.39. The summed E-state index contributed by atoms with van der Waals surface area (Å²) in [5, 5.41) is 3.52. The molecule has 0 radical (unpaired) electrons. The van der Waals surface area contributed by atoms with Crippen molar-refractivity contribution < 1.29 is 9.47 Å². The van der Waals surface area contributed by atoms with Crippen LogP contribution in [0.5, 0.6) is 0 Å². The van der Waals surface area contributed by atoms with E-state index in [4.69, 9.17) is 9.47 Å². The van der Waals surface area contributed by atoms with Crippen LogP contribution in [0.3, 0.4) is 0 Å². The van der Waals surface area contributed by atoms with Gasteiger partial charge in [0.1, 0.15) is 0 Å². The standard InChI is InChI=1S/C14H23NO2/c1-4-14(12-8-6-5-7-9-12)15-10-13(17-3)11-16-2/h5-9,13-15H,4,10-11H2,1-3H3. The fourth-order valence-electron chi connectivity index (χ4n) is 1.85. The molecule has 0 aromatic heterocycles. The molecule has 0 aliphatic carbocycles. The molecule has 0 amide bonds. The van der Waals surface area contributed by atoms with Gasteiger partial charge in [-0.15, -0.1) is 0 Å². The van der Waals surface area contributed by atoms with E-state index in [1.165, 1.54) is 5.56 Å². The fraction of sp³-hybridized carbons (Fsp3) is 0.571. The molecule has 0 heterocycles. The number of nitrogens with one attached hydrogen (secondary N) is 1. The second-order valence-electron chi connectivity index (χ2n) is 4.09. The fourth-order valence-corrected chi connectivity index (χ4v) is 1.85. The highest BCUT2D eigenvalue weighted by molar-refractivity contribution is 5.18. The van der Waals surface area contributed by atoms with Crippen LogP contribution in [0.4, 0.5) is 0 Å². The molecule has 1 aromatic rings. The molecule has 0 fully saturated rings. The number of ether oxygens (including phenoxy) is 2. The first-order chi connectivity index (χ1) is 8.31. The third kappa shape index (κ3) is 4.86. The zero-order valence-corrected chi connectivity index (χ0v) is 11.0. The quantitative estimate of drug-likeness (QED) is 0.753. The van der Waals surface area contributed by atoms with Crippen molar-refractivity contribution in [1.29, 1.82) is 0 Å². The molecule has 1 N–H and O–H groups in total. The molecule has 0 spiro atoms. The highest BCUT2D eigenvalue weighted by atomic mass is 16.5. The lowest BCUT2D eigenvalue weighted by atomic mass is 10.0. The SMILES string of the molecule is CCC(NCC(COC)OC)c1ccccc1. The summed E-state index contributed by atoms with van der Waals surface area (Å²) in [5.74, 6) is 0. The Labute approximate surface area is 104 Å². The normalized spacial score (nSPS) is 14.5. The van der Waals surface area contributed by atoms with Crippen LogP contribution < -0.4 is 5.32 Å². The van der Waals surface area contributed by atoms with Crippen LogP contribution >= 0.6 is 0 Å². The Hall–Kier alpha value is -0.900. The smallest absolute Gasteiger partial charge is 0.0928 e. The molecule has 0 aliphatic heterocycles. The van der Waals surface area contributed by atoms with Gasteiger partial charge < -0.3 is 14.8 Å². The van der Waals surface area contributed by atoms with Gasteiger partial charge in [-0.05, 0) is 12.0 Å². The number of benzene rings is 1. The van der Waals surface area contributed by atoms with Gasteiger partial charge in [0.15, 0.2) is 0 Å². The van der Waals surface area contributed by atoms with E-state index < -0.39 is 0 Å². The Morgan fingerprint density at radius 2 is 1.88 bits per heavy atom. The van der Waals surface area contributed by atoms with E-state index in [1.54, 1.807) is 14.2 Å². The van der Waals surface area contributed by atoms with Crippen LogP contribution in [0.25, 0.3) is 0 Å². The molecule has 0 saturated heterocycles. The van der Waals surface area contributed by atoms with Gasteiger partial charge in [-0.25, -0.2) is 0 Å². The van der Waals surface area contributed by atoms with E-state index in [9.17, 15) is 0 Å². The van der Waals surface area contributed by atoms with Gasteiger partial charge >= 0.3 is 0 Å². The van der Waals surface area contributed by atoms with Gasteiger partial charge in [-0.2, -0.15) is 0 Å². The van der Waals surface area contributed by atoms with Crippen molar-refractivity contribution >= 4 is 0 Å². The summed E-state index contributed by atoms with van der Waals surface area (Å²) < 4.78 is 10.4. The Kier molecular flexibility index (Phi) is 6.86. The van der Waals surface area contributed by atoms with Gasteiger partial charge in [0, 0.05) is 26.8 Å². The first-order valence-electron chi connectivity index (χ1n) is 6.11. The minimum atomic E-state index is 0.109. The van der Waals surface area contributed by atoms with Crippen LogP contribution in [-0.4, -0.2) is 33.5 Å². The second-order valence-corrected chi connectivity index (χ2v) is 4.09. The number of hydrogen-bond donors (Lipinski definition) is 1. The molecular formula is C14H23NO2. The van der Waals surface area contributed by atoms with Crippen molar-refractivity contribution in [3.8, 4) is 0 Å². The van der Waals surface area contributed by atoms with E-state index in [-0.39, 0.29) is 6.10 Å². The molecule has 0 saturated carbocycles. The minimum absolute atomic E-state index is 0.109. The average molecular weight is 237 g/mol. The lowest BCUT2D eigenvalue weighted by molar-refractivity contribution is 0.0272. The summed E-state index contributed by atoms with van der Waals surface area (Å²) in [6.45, 7) is 3.61. The lowest BCUT2D eigenvalue weighted by Gasteiger charge is -2.21. The number of hydrogen-bond acceptors (Lipinski definition) is 3. The Bertz CT molecular complexity index is 290. The van der Waals surface area contributed by atoms with Gasteiger partial charge in [0.05, 0.1) is 12.7 Å². The molecule has 1 rings (SSSR count).